The highest BCUT2D eigenvalue weighted by molar-refractivity contribution is 5.77. The number of rotatable bonds is 3. The highest BCUT2D eigenvalue weighted by Crippen LogP contribution is 2.24. The molecule has 0 bridgehead atoms. The van der Waals surface area contributed by atoms with Crippen LogP contribution in [0.5, 0.6) is 0 Å². The van der Waals surface area contributed by atoms with Gasteiger partial charge in [-0.2, -0.15) is 5.10 Å². The summed E-state index contributed by atoms with van der Waals surface area (Å²) in [5.41, 5.74) is 3.54. The van der Waals surface area contributed by atoms with Crippen LogP contribution in [0.2, 0.25) is 0 Å². The van der Waals surface area contributed by atoms with Crippen molar-refractivity contribution in [2.45, 2.75) is 19.0 Å². The summed E-state index contributed by atoms with van der Waals surface area (Å²) < 4.78 is 15.8. The number of hydrogen-bond acceptors (Lipinski definition) is 4. The van der Waals surface area contributed by atoms with Crippen LogP contribution < -0.4 is 5.32 Å². The number of pyridine rings is 1. The Hall–Kier alpha value is -2.34. The second-order valence-electron chi connectivity index (χ2n) is 5.96. The van der Waals surface area contributed by atoms with E-state index in [0.29, 0.717) is 19.4 Å². The second kappa shape index (κ2) is 6.04. The van der Waals surface area contributed by atoms with Gasteiger partial charge in [-0.15, -0.1) is 0 Å². The van der Waals surface area contributed by atoms with Crippen LogP contribution in [-0.2, 0) is 6.42 Å². The van der Waals surface area contributed by atoms with Crippen LogP contribution >= 0.6 is 0 Å². The lowest BCUT2D eigenvalue weighted by Crippen LogP contribution is -2.39. The molecule has 1 aliphatic heterocycles. The average Bonchev–Trinajstić information content (AvgIpc) is 3.01. The lowest BCUT2D eigenvalue weighted by molar-refractivity contribution is 0.177. The first-order valence-corrected chi connectivity index (χ1v) is 7.90. The molecular weight excluding hydrogens is 293 g/mol. The van der Waals surface area contributed by atoms with Crippen LogP contribution in [-0.4, -0.2) is 38.8 Å². The van der Waals surface area contributed by atoms with E-state index in [1.807, 2.05) is 28.9 Å². The van der Waals surface area contributed by atoms with Gasteiger partial charge in [0, 0.05) is 30.4 Å². The summed E-state index contributed by atoms with van der Waals surface area (Å²) in [5.74, 6) is -0.0304. The molecule has 1 aliphatic rings. The summed E-state index contributed by atoms with van der Waals surface area (Å²) in [6, 6.07) is 5.90. The van der Waals surface area contributed by atoms with Gasteiger partial charge in [0.15, 0.2) is 0 Å². The van der Waals surface area contributed by atoms with Gasteiger partial charge in [0.1, 0.15) is 6.17 Å². The maximum Gasteiger partial charge on any atom is 0.106 e. The first kappa shape index (κ1) is 14.3. The Labute approximate surface area is 133 Å². The van der Waals surface area contributed by atoms with Crippen molar-refractivity contribution in [3.63, 3.8) is 0 Å². The van der Waals surface area contributed by atoms with Crippen LogP contribution in [0, 0.1) is 5.92 Å². The zero-order chi connectivity index (χ0) is 15.6. The van der Waals surface area contributed by atoms with Gasteiger partial charge in [-0.1, -0.05) is 6.07 Å². The molecule has 1 fully saturated rings. The third-order valence-electron chi connectivity index (χ3n) is 4.37. The number of alkyl halides is 1. The third-order valence-corrected chi connectivity index (χ3v) is 4.37. The van der Waals surface area contributed by atoms with Crippen LogP contribution in [0.3, 0.4) is 0 Å². The SMILES string of the molecule is F[C@@H]1CCNC[C@@H]1Cc1cncc(-c2cnn3ccccc23)n1. The van der Waals surface area contributed by atoms with E-state index in [2.05, 4.69) is 20.4 Å². The van der Waals surface area contributed by atoms with Gasteiger partial charge >= 0.3 is 0 Å². The predicted molar refractivity (Wildman–Crippen MR) is 85.8 cm³/mol. The maximum atomic E-state index is 14.0. The van der Waals surface area contributed by atoms with Gasteiger partial charge in [0.2, 0.25) is 0 Å². The number of halogens is 1. The van der Waals surface area contributed by atoms with E-state index < -0.39 is 6.17 Å². The molecule has 0 spiro atoms. The number of fused-ring (bicyclic) bond motifs is 1. The van der Waals surface area contributed by atoms with Crippen molar-refractivity contribution in [1.82, 2.24) is 24.9 Å². The monoisotopic (exact) mass is 311 g/mol. The Balaban J connectivity index is 1.63. The zero-order valence-corrected chi connectivity index (χ0v) is 12.7. The van der Waals surface area contributed by atoms with Gasteiger partial charge in [-0.25, -0.2) is 13.9 Å². The lowest BCUT2D eigenvalue weighted by atomic mass is 9.93. The molecule has 0 unspecified atom stereocenters. The molecule has 5 nitrogen and oxygen atoms in total. The topological polar surface area (TPSA) is 55.1 Å². The first-order valence-electron chi connectivity index (χ1n) is 7.90. The van der Waals surface area contributed by atoms with Crippen LogP contribution in [0.1, 0.15) is 12.1 Å². The quantitative estimate of drug-likeness (QED) is 0.806. The van der Waals surface area contributed by atoms with Crippen molar-refractivity contribution in [2.75, 3.05) is 13.1 Å². The van der Waals surface area contributed by atoms with E-state index in [0.717, 1.165) is 29.0 Å². The molecule has 0 aromatic carbocycles. The molecule has 4 heterocycles. The summed E-state index contributed by atoms with van der Waals surface area (Å²) in [4.78, 5) is 8.98. The standard InChI is InChI=1S/C17H18FN5/c18-15-4-5-19-8-12(15)7-13-9-20-11-16(22-13)14-10-21-23-6-2-1-3-17(14)23/h1-3,6,9-12,15,19H,4-5,7-8H2/t12-,15+/m0/s1. The molecule has 23 heavy (non-hydrogen) atoms. The van der Waals surface area contributed by atoms with Crippen molar-refractivity contribution < 1.29 is 4.39 Å². The van der Waals surface area contributed by atoms with E-state index in [1.165, 1.54) is 0 Å². The molecule has 6 heteroatoms. The molecule has 3 aromatic heterocycles. The van der Waals surface area contributed by atoms with Crippen molar-refractivity contribution >= 4 is 5.52 Å². The molecule has 1 saturated heterocycles. The summed E-state index contributed by atoms with van der Waals surface area (Å²) in [6.07, 6.45) is 7.58. The van der Waals surface area contributed by atoms with E-state index in [-0.39, 0.29) is 5.92 Å². The highest BCUT2D eigenvalue weighted by atomic mass is 19.1. The minimum absolute atomic E-state index is 0.0304. The summed E-state index contributed by atoms with van der Waals surface area (Å²) in [6.45, 7) is 1.45. The van der Waals surface area contributed by atoms with Gasteiger partial charge in [0.25, 0.3) is 0 Å². The van der Waals surface area contributed by atoms with Crippen molar-refractivity contribution in [2.24, 2.45) is 5.92 Å². The average molecular weight is 311 g/mol. The maximum absolute atomic E-state index is 14.0. The molecule has 0 radical (unpaired) electrons. The van der Waals surface area contributed by atoms with Crippen LogP contribution in [0.4, 0.5) is 4.39 Å². The van der Waals surface area contributed by atoms with Crippen LogP contribution in [0.15, 0.2) is 43.0 Å². The number of hydrogen-bond donors (Lipinski definition) is 1. The fraction of sp³-hybridized carbons (Fsp3) is 0.353. The number of nitrogens with zero attached hydrogens (tertiary/aromatic N) is 4. The minimum Gasteiger partial charge on any atom is -0.316 e. The first-order chi connectivity index (χ1) is 11.3. The fourth-order valence-electron chi connectivity index (χ4n) is 3.13. The Kier molecular flexibility index (Phi) is 3.75. The zero-order valence-electron chi connectivity index (χ0n) is 12.7. The molecule has 0 aliphatic carbocycles. The normalized spacial score (nSPS) is 21.6. The summed E-state index contributed by atoms with van der Waals surface area (Å²) >= 11 is 0. The number of nitrogens with one attached hydrogen (secondary N) is 1. The molecule has 1 N–H and O–H groups in total. The van der Waals surface area contributed by atoms with E-state index in [9.17, 15) is 4.39 Å². The third kappa shape index (κ3) is 2.82. The molecule has 4 rings (SSSR count). The van der Waals surface area contributed by atoms with Crippen molar-refractivity contribution in [3.05, 3.63) is 48.7 Å². The lowest BCUT2D eigenvalue weighted by Gasteiger charge is -2.26. The Morgan fingerprint density at radius 1 is 1.26 bits per heavy atom. The Morgan fingerprint density at radius 3 is 3.13 bits per heavy atom. The largest absolute Gasteiger partial charge is 0.316 e. The van der Waals surface area contributed by atoms with Gasteiger partial charge < -0.3 is 5.32 Å². The Morgan fingerprint density at radius 2 is 2.22 bits per heavy atom. The van der Waals surface area contributed by atoms with Gasteiger partial charge in [0.05, 0.1) is 29.3 Å². The number of aromatic nitrogens is 4. The van der Waals surface area contributed by atoms with Gasteiger partial charge in [-0.3, -0.25) is 4.98 Å². The smallest absolute Gasteiger partial charge is 0.106 e. The number of piperidine rings is 1. The molecule has 118 valence electrons. The van der Waals surface area contributed by atoms with E-state index >= 15 is 0 Å². The van der Waals surface area contributed by atoms with Crippen molar-refractivity contribution in [3.8, 4) is 11.3 Å². The molecule has 2 atom stereocenters. The van der Waals surface area contributed by atoms with E-state index in [1.54, 1.807) is 18.6 Å². The predicted octanol–water partition coefficient (Wildman–Crippen LogP) is 2.28. The second-order valence-corrected chi connectivity index (χ2v) is 5.96. The summed E-state index contributed by atoms with van der Waals surface area (Å²) in [5, 5.41) is 7.58. The molecule has 3 aromatic rings. The summed E-state index contributed by atoms with van der Waals surface area (Å²) in [7, 11) is 0. The van der Waals surface area contributed by atoms with E-state index in [4.69, 9.17) is 0 Å². The minimum atomic E-state index is -0.765. The fourth-order valence-corrected chi connectivity index (χ4v) is 3.13. The highest BCUT2D eigenvalue weighted by Gasteiger charge is 2.25. The van der Waals surface area contributed by atoms with Gasteiger partial charge in [-0.05, 0) is 31.5 Å². The molecule has 0 amide bonds. The Bertz CT molecular complexity index is 815. The van der Waals surface area contributed by atoms with Crippen molar-refractivity contribution in [1.29, 1.82) is 0 Å². The van der Waals surface area contributed by atoms with Crippen LogP contribution in [0.25, 0.3) is 16.8 Å². The molecule has 0 saturated carbocycles. The molecular formula is C17H18FN5.